The fraction of sp³-hybridized carbons (Fsp3) is 0.350. The van der Waals surface area contributed by atoms with Gasteiger partial charge in [-0.3, -0.25) is 9.36 Å². The van der Waals surface area contributed by atoms with Gasteiger partial charge < -0.3 is 19.9 Å². The highest BCUT2D eigenvalue weighted by molar-refractivity contribution is 6.33. The number of ether oxygens (including phenoxy) is 3. The van der Waals surface area contributed by atoms with Gasteiger partial charge >= 0.3 is 11.9 Å². The molecule has 1 aliphatic heterocycles. The van der Waals surface area contributed by atoms with Crippen LogP contribution in [0.1, 0.15) is 29.1 Å². The fourth-order valence-electron chi connectivity index (χ4n) is 3.39. The molecule has 12 heteroatoms. The molecule has 2 aromatic heterocycles. The Kier molecular flexibility index (Phi) is 5.94. The Hall–Kier alpha value is -3.31. The van der Waals surface area contributed by atoms with E-state index in [1.54, 1.807) is 24.3 Å². The lowest BCUT2D eigenvalue weighted by molar-refractivity contribution is -0.154. The number of fused-ring (bicyclic) bond motifs is 1. The number of alkyl halides is 1. The lowest BCUT2D eigenvalue weighted by Gasteiger charge is -2.20. The minimum atomic E-state index is -1.79. The van der Waals surface area contributed by atoms with Crippen molar-refractivity contribution in [3.8, 4) is 0 Å². The molecule has 0 saturated carbocycles. The van der Waals surface area contributed by atoms with Crippen molar-refractivity contribution in [3.05, 3.63) is 46.9 Å². The van der Waals surface area contributed by atoms with Crippen LogP contribution in [0, 0.1) is 6.92 Å². The van der Waals surface area contributed by atoms with E-state index in [1.165, 1.54) is 10.9 Å². The molecule has 0 aliphatic carbocycles. The number of aryl methyl sites for hydroxylation is 1. The van der Waals surface area contributed by atoms with E-state index in [0.29, 0.717) is 5.56 Å². The second kappa shape index (κ2) is 8.67. The highest BCUT2D eigenvalue weighted by Gasteiger charge is 2.49. The molecule has 0 radical (unpaired) electrons. The third-order valence-corrected chi connectivity index (χ3v) is 5.17. The van der Waals surface area contributed by atoms with Crippen LogP contribution in [0.15, 0.2) is 30.6 Å². The first kappa shape index (κ1) is 21.9. The van der Waals surface area contributed by atoms with Crippen molar-refractivity contribution in [1.29, 1.82) is 0 Å². The van der Waals surface area contributed by atoms with Crippen molar-refractivity contribution in [3.63, 3.8) is 0 Å². The Bertz CT molecular complexity index is 1170. The number of hydrogen-bond acceptors (Lipinski definition) is 9. The van der Waals surface area contributed by atoms with Crippen LogP contribution >= 0.6 is 11.6 Å². The van der Waals surface area contributed by atoms with Crippen molar-refractivity contribution >= 4 is 40.7 Å². The zero-order valence-electron chi connectivity index (χ0n) is 17.1. The number of nitrogens with zero attached hydrogens (tertiary/aromatic N) is 4. The summed E-state index contributed by atoms with van der Waals surface area (Å²) >= 11 is 6.05. The second-order valence-corrected chi connectivity index (χ2v) is 7.60. The molecule has 1 aliphatic rings. The number of carbonyl (C=O) groups is 2. The van der Waals surface area contributed by atoms with Gasteiger partial charge in [-0.2, -0.15) is 9.97 Å². The molecule has 1 aromatic carbocycles. The van der Waals surface area contributed by atoms with Crippen LogP contribution < -0.4 is 5.73 Å². The quantitative estimate of drug-likeness (QED) is 0.447. The molecule has 4 atom stereocenters. The van der Waals surface area contributed by atoms with Gasteiger partial charge in [-0.1, -0.05) is 29.3 Å². The van der Waals surface area contributed by atoms with Crippen LogP contribution in [-0.2, 0) is 19.0 Å². The zero-order valence-corrected chi connectivity index (χ0v) is 17.8. The number of nitrogens with two attached hydrogens (primary N) is 1. The third kappa shape index (κ3) is 4.21. The number of halogens is 2. The largest absolute Gasteiger partial charge is 0.459 e. The number of nitrogen functional groups attached to an aromatic ring is 1. The number of benzene rings is 1. The summed E-state index contributed by atoms with van der Waals surface area (Å²) in [6, 6.07) is 6.73. The van der Waals surface area contributed by atoms with Crippen LogP contribution in [0.4, 0.5) is 10.3 Å². The van der Waals surface area contributed by atoms with Crippen LogP contribution in [0.5, 0.6) is 0 Å². The number of anilines is 1. The molecular formula is C20H19ClFN5O5. The van der Waals surface area contributed by atoms with Crippen LogP contribution in [0.2, 0.25) is 5.15 Å². The van der Waals surface area contributed by atoms with E-state index in [1.807, 2.05) is 6.92 Å². The summed E-state index contributed by atoms with van der Waals surface area (Å²) in [4.78, 5) is 35.9. The Balaban J connectivity index is 1.57. The van der Waals surface area contributed by atoms with E-state index < -0.39 is 43.2 Å². The van der Waals surface area contributed by atoms with Gasteiger partial charge in [0, 0.05) is 6.92 Å². The summed E-state index contributed by atoms with van der Waals surface area (Å²) < 4.78 is 32.7. The fourth-order valence-corrected chi connectivity index (χ4v) is 3.61. The first-order valence-electron chi connectivity index (χ1n) is 9.60. The van der Waals surface area contributed by atoms with Gasteiger partial charge in [0.05, 0.1) is 11.9 Å². The summed E-state index contributed by atoms with van der Waals surface area (Å²) in [6.07, 6.45) is -4.18. The highest BCUT2D eigenvalue weighted by Crippen LogP contribution is 2.36. The Labute approximate surface area is 186 Å². The summed E-state index contributed by atoms with van der Waals surface area (Å²) in [5.74, 6) is -1.46. The normalized spacial score (nSPS) is 22.8. The molecule has 32 heavy (non-hydrogen) atoms. The van der Waals surface area contributed by atoms with E-state index in [2.05, 4.69) is 15.0 Å². The lowest BCUT2D eigenvalue weighted by Crippen LogP contribution is -2.34. The summed E-state index contributed by atoms with van der Waals surface area (Å²) in [6.45, 7) is 2.64. The van der Waals surface area contributed by atoms with E-state index in [4.69, 9.17) is 31.5 Å². The first-order chi connectivity index (χ1) is 15.2. The SMILES string of the molecule is CC(=O)OC1C(F)C(COC(=O)c2ccc(C)cc2)OC1n1cnc2c(Cl)nc(N)nc21. The van der Waals surface area contributed by atoms with Gasteiger partial charge in [0.15, 0.2) is 29.3 Å². The average Bonchev–Trinajstić information content (AvgIpc) is 3.28. The smallest absolute Gasteiger partial charge is 0.338 e. The zero-order chi connectivity index (χ0) is 23.0. The van der Waals surface area contributed by atoms with Gasteiger partial charge in [0.2, 0.25) is 5.95 Å². The molecule has 0 spiro atoms. The average molecular weight is 464 g/mol. The molecule has 3 heterocycles. The van der Waals surface area contributed by atoms with Crippen molar-refractivity contribution in [2.24, 2.45) is 0 Å². The topological polar surface area (TPSA) is 131 Å². The van der Waals surface area contributed by atoms with Crippen LogP contribution in [-0.4, -0.2) is 56.4 Å². The van der Waals surface area contributed by atoms with E-state index in [-0.39, 0.29) is 22.3 Å². The minimum Gasteiger partial charge on any atom is -0.459 e. The van der Waals surface area contributed by atoms with Gasteiger partial charge in [-0.25, -0.2) is 14.2 Å². The molecule has 1 fully saturated rings. The molecular weight excluding hydrogens is 445 g/mol. The second-order valence-electron chi connectivity index (χ2n) is 7.24. The third-order valence-electron chi connectivity index (χ3n) is 4.90. The molecule has 1 saturated heterocycles. The van der Waals surface area contributed by atoms with Crippen LogP contribution in [0.3, 0.4) is 0 Å². The maximum Gasteiger partial charge on any atom is 0.338 e. The van der Waals surface area contributed by atoms with E-state index >= 15 is 4.39 Å². The summed E-state index contributed by atoms with van der Waals surface area (Å²) in [5, 5.41) is 0.00802. The Morgan fingerprint density at radius 1 is 1.28 bits per heavy atom. The van der Waals surface area contributed by atoms with E-state index in [0.717, 1.165) is 12.5 Å². The number of imidazole rings is 1. The lowest BCUT2D eigenvalue weighted by atomic mass is 10.1. The molecule has 168 valence electrons. The predicted octanol–water partition coefficient (Wildman–Crippen LogP) is 2.39. The van der Waals surface area contributed by atoms with Crippen molar-refractivity contribution in [1.82, 2.24) is 19.5 Å². The first-order valence-corrected chi connectivity index (χ1v) is 9.98. The Morgan fingerprint density at radius 2 is 2.00 bits per heavy atom. The predicted molar refractivity (Wildman–Crippen MR) is 111 cm³/mol. The Morgan fingerprint density at radius 3 is 2.69 bits per heavy atom. The number of rotatable bonds is 5. The van der Waals surface area contributed by atoms with Gasteiger partial charge in [0.1, 0.15) is 18.2 Å². The van der Waals surface area contributed by atoms with E-state index in [9.17, 15) is 9.59 Å². The number of aromatic nitrogens is 4. The summed E-state index contributed by atoms with van der Waals surface area (Å²) in [7, 11) is 0. The maximum atomic E-state index is 15.2. The summed E-state index contributed by atoms with van der Waals surface area (Å²) in [5.41, 5.74) is 7.35. The molecule has 10 nitrogen and oxygen atoms in total. The standard InChI is InChI=1S/C20H19ClFN5O5/c1-9-3-5-11(6-4-9)19(29)30-7-12-13(22)15(31-10(2)28)18(32-12)27-8-24-14-16(21)25-20(23)26-17(14)27/h3-6,8,12-13,15,18H,7H2,1-2H3,(H2,23,25,26). The molecule has 4 rings (SSSR count). The molecule has 2 N–H and O–H groups in total. The number of carbonyl (C=O) groups excluding carboxylic acids is 2. The number of esters is 2. The molecule has 0 amide bonds. The van der Waals surface area contributed by atoms with Crippen LogP contribution in [0.25, 0.3) is 11.2 Å². The van der Waals surface area contributed by atoms with Crippen molar-refractivity contribution in [2.75, 3.05) is 12.3 Å². The van der Waals surface area contributed by atoms with Crippen molar-refractivity contribution < 1.29 is 28.2 Å². The monoisotopic (exact) mass is 463 g/mol. The highest BCUT2D eigenvalue weighted by atomic mass is 35.5. The molecule has 4 unspecified atom stereocenters. The minimum absolute atomic E-state index is 0.00802. The van der Waals surface area contributed by atoms with Crippen molar-refractivity contribution in [2.45, 2.75) is 38.5 Å². The number of hydrogen-bond donors (Lipinski definition) is 1. The molecule has 0 bridgehead atoms. The van der Waals surface area contributed by atoms with Gasteiger partial charge in [0.25, 0.3) is 0 Å². The molecule has 3 aromatic rings. The van der Waals surface area contributed by atoms with Gasteiger partial charge in [-0.15, -0.1) is 0 Å². The maximum absolute atomic E-state index is 15.2. The van der Waals surface area contributed by atoms with Gasteiger partial charge in [-0.05, 0) is 19.1 Å².